The van der Waals surface area contributed by atoms with Gasteiger partial charge in [0.05, 0.1) is 0 Å². The number of carbonyl (C=O) groups excluding carboxylic acids is 3. The molecule has 2 aromatic rings. The van der Waals surface area contributed by atoms with Gasteiger partial charge in [0.2, 0.25) is 6.54 Å². The van der Waals surface area contributed by atoms with Crippen molar-refractivity contribution in [3.8, 4) is 0 Å². The number of nitrogens with one attached hydrogen (secondary N) is 1. The molecule has 1 aromatic heterocycles. The Morgan fingerprint density at radius 3 is 2.32 bits per heavy atom. The van der Waals surface area contributed by atoms with Crippen LogP contribution in [0.3, 0.4) is 0 Å². The van der Waals surface area contributed by atoms with Crippen molar-refractivity contribution < 1.29 is 37.0 Å². The largest absolute Gasteiger partial charge is 0.497 e. The number of pyridine rings is 1. The monoisotopic (exact) mass is 437 g/mol. The van der Waals surface area contributed by atoms with Crippen molar-refractivity contribution in [2.75, 3.05) is 25.5 Å². The van der Waals surface area contributed by atoms with Gasteiger partial charge in [-0.2, -0.15) is 13.2 Å². The molecular formula is C20H20F3N4O4+. The third kappa shape index (κ3) is 4.22. The number of carbonyl (C=O) groups is 3. The Kier molecular flexibility index (Phi) is 5.72. The Labute approximate surface area is 175 Å². The number of amides is 3. The van der Waals surface area contributed by atoms with E-state index in [1.165, 1.54) is 18.5 Å². The van der Waals surface area contributed by atoms with E-state index in [2.05, 4.69) is 4.98 Å². The zero-order valence-electron chi connectivity index (χ0n) is 16.9. The lowest BCUT2D eigenvalue weighted by Crippen LogP contribution is -2.56. The van der Waals surface area contributed by atoms with Crippen LogP contribution in [0.2, 0.25) is 0 Å². The summed E-state index contributed by atoms with van der Waals surface area (Å²) in [6.45, 7) is 0.851. The second-order valence-corrected chi connectivity index (χ2v) is 7.30. The number of hydrogen-bond donors (Lipinski definition) is 1. The van der Waals surface area contributed by atoms with Crippen molar-refractivity contribution in [1.29, 1.82) is 0 Å². The first kappa shape index (κ1) is 22.2. The van der Waals surface area contributed by atoms with Crippen molar-refractivity contribution >= 4 is 23.6 Å². The third-order valence-corrected chi connectivity index (χ3v) is 4.95. The van der Waals surface area contributed by atoms with Crippen LogP contribution < -0.4 is 10.2 Å². The third-order valence-electron chi connectivity index (χ3n) is 4.95. The number of imide groups is 1. The number of anilines is 1. The Hall–Kier alpha value is -3.47. The maximum atomic E-state index is 13.1. The SMILES string of the molecule is Cc1cnccc1C(c1ccc(N(C)C)cc1)[N+]1(OC(=O)C(F)(F)F)CC(=O)NC1=O. The molecule has 2 atom stereocenters. The number of hydroxylamine groups is 3. The Morgan fingerprint density at radius 2 is 1.84 bits per heavy atom. The average Bonchev–Trinajstić information content (AvgIpc) is 2.96. The highest BCUT2D eigenvalue weighted by molar-refractivity contribution is 5.97. The van der Waals surface area contributed by atoms with Crippen LogP contribution in [0.1, 0.15) is 22.7 Å². The lowest BCUT2D eigenvalue weighted by Gasteiger charge is -2.34. The van der Waals surface area contributed by atoms with Gasteiger partial charge in [0.15, 0.2) is 6.04 Å². The summed E-state index contributed by atoms with van der Waals surface area (Å²) < 4.78 is 37.7. The van der Waals surface area contributed by atoms with Crippen LogP contribution in [-0.4, -0.2) is 54.4 Å². The van der Waals surface area contributed by atoms with E-state index in [9.17, 15) is 27.6 Å². The van der Waals surface area contributed by atoms with Gasteiger partial charge in [0.1, 0.15) is 0 Å². The summed E-state index contributed by atoms with van der Waals surface area (Å²) in [5.74, 6) is -3.43. The summed E-state index contributed by atoms with van der Waals surface area (Å²) in [6.07, 6.45) is -2.49. The van der Waals surface area contributed by atoms with Crippen LogP contribution in [-0.2, 0) is 14.4 Å². The number of quaternary nitrogens is 1. The Morgan fingerprint density at radius 1 is 1.19 bits per heavy atom. The fourth-order valence-electron chi connectivity index (χ4n) is 3.46. The molecule has 1 aliphatic rings. The van der Waals surface area contributed by atoms with Gasteiger partial charge in [-0.05, 0) is 35.3 Å². The quantitative estimate of drug-likeness (QED) is 0.572. The molecule has 164 valence electrons. The second kappa shape index (κ2) is 7.99. The number of halogens is 3. The number of urea groups is 1. The van der Waals surface area contributed by atoms with Crippen LogP contribution >= 0.6 is 0 Å². The Bertz CT molecular complexity index is 1020. The van der Waals surface area contributed by atoms with Gasteiger partial charge in [-0.3, -0.25) is 14.6 Å². The van der Waals surface area contributed by atoms with E-state index in [0.717, 1.165) is 5.69 Å². The number of rotatable bonds is 5. The van der Waals surface area contributed by atoms with Crippen LogP contribution in [0, 0.1) is 6.92 Å². The van der Waals surface area contributed by atoms with Crippen molar-refractivity contribution in [2.45, 2.75) is 19.1 Å². The molecule has 3 amide bonds. The van der Waals surface area contributed by atoms with Crippen molar-refractivity contribution in [1.82, 2.24) is 10.3 Å². The molecule has 11 heteroatoms. The van der Waals surface area contributed by atoms with E-state index in [1.54, 1.807) is 31.2 Å². The van der Waals surface area contributed by atoms with Gasteiger partial charge in [-0.25, -0.2) is 14.9 Å². The zero-order chi connectivity index (χ0) is 23.0. The van der Waals surface area contributed by atoms with Gasteiger partial charge < -0.3 is 4.90 Å². The van der Waals surface area contributed by atoms with E-state index in [4.69, 9.17) is 4.84 Å². The summed E-state index contributed by atoms with van der Waals surface area (Å²) in [6, 6.07) is 5.73. The highest BCUT2D eigenvalue weighted by atomic mass is 19.4. The number of hydrogen-bond acceptors (Lipinski definition) is 6. The lowest BCUT2D eigenvalue weighted by molar-refractivity contribution is -1.03. The van der Waals surface area contributed by atoms with E-state index >= 15 is 0 Å². The summed E-state index contributed by atoms with van der Waals surface area (Å²) in [4.78, 5) is 47.2. The lowest BCUT2D eigenvalue weighted by atomic mass is 9.94. The van der Waals surface area contributed by atoms with Crippen LogP contribution in [0.5, 0.6) is 0 Å². The van der Waals surface area contributed by atoms with Gasteiger partial charge in [0.25, 0.3) is 5.91 Å². The number of alkyl halides is 3. The maximum absolute atomic E-state index is 13.1. The summed E-state index contributed by atoms with van der Waals surface area (Å²) >= 11 is 0. The molecule has 1 fully saturated rings. The van der Waals surface area contributed by atoms with E-state index in [-0.39, 0.29) is 0 Å². The van der Waals surface area contributed by atoms with E-state index in [1.807, 2.05) is 24.3 Å². The molecule has 3 rings (SSSR count). The Balaban J connectivity index is 2.23. The first-order valence-electron chi connectivity index (χ1n) is 9.16. The van der Waals surface area contributed by atoms with E-state index in [0.29, 0.717) is 16.7 Å². The molecule has 0 saturated carbocycles. The summed E-state index contributed by atoms with van der Waals surface area (Å²) in [7, 11) is 3.62. The minimum atomic E-state index is -5.36. The number of aromatic nitrogens is 1. The predicted molar refractivity (Wildman–Crippen MR) is 102 cm³/mol. The van der Waals surface area contributed by atoms with E-state index < -0.39 is 41.3 Å². The molecule has 0 spiro atoms. The molecule has 0 bridgehead atoms. The second-order valence-electron chi connectivity index (χ2n) is 7.30. The molecular weight excluding hydrogens is 417 g/mol. The predicted octanol–water partition coefficient (Wildman–Crippen LogP) is 2.63. The van der Waals surface area contributed by atoms with Crippen LogP contribution in [0.4, 0.5) is 23.7 Å². The van der Waals surface area contributed by atoms with Gasteiger partial charge in [0, 0.05) is 43.3 Å². The van der Waals surface area contributed by atoms with Crippen LogP contribution in [0.25, 0.3) is 0 Å². The topological polar surface area (TPSA) is 88.6 Å². The minimum Gasteiger partial charge on any atom is -0.378 e. The first-order valence-corrected chi connectivity index (χ1v) is 9.16. The molecule has 8 nitrogen and oxygen atoms in total. The molecule has 1 aliphatic heterocycles. The average molecular weight is 437 g/mol. The number of aryl methyl sites for hydroxylation is 1. The zero-order valence-corrected chi connectivity index (χ0v) is 16.9. The molecule has 1 aromatic carbocycles. The van der Waals surface area contributed by atoms with Gasteiger partial charge in [-0.1, -0.05) is 12.1 Å². The van der Waals surface area contributed by atoms with Crippen molar-refractivity contribution in [3.05, 3.63) is 59.4 Å². The molecule has 1 saturated heterocycles. The number of benzene rings is 1. The maximum Gasteiger partial charge on any atom is 0.497 e. The van der Waals surface area contributed by atoms with Crippen molar-refractivity contribution in [2.24, 2.45) is 0 Å². The highest BCUT2D eigenvalue weighted by Crippen LogP contribution is 2.40. The highest BCUT2D eigenvalue weighted by Gasteiger charge is 2.61. The fourth-order valence-corrected chi connectivity index (χ4v) is 3.46. The molecule has 31 heavy (non-hydrogen) atoms. The van der Waals surface area contributed by atoms with Crippen molar-refractivity contribution in [3.63, 3.8) is 0 Å². The molecule has 0 aliphatic carbocycles. The van der Waals surface area contributed by atoms with Gasteiger partial charge >= 0.3 is 18.2 Å². The summed E-state index contributed by atoms with van der Waals surface area (Å²) in [5, 5.41) is 1.96. The first-order chi connectivity index (χ1) is 14.5. The molecule has 1 N–H and O–H groups in total. The standard InChI is InChI=1S/C20H19F3N4O4/c1-12-10-24-9-8-15(12)17(13-4-6-14(7-5-13)26(2)3)27(11-16(28)25-19(27)30)31-18(29)20(21,22)23/h4-10,17H,11H2,1-3H3/p+1. The molecule has 2 heterocycles. The van der Waals surface area contributed by atoms with Crippen LogP contribution in [0.15, 0.2) is 42.7 Å². The number of nitrogens with zero attached hydrogens (tertiary/aromatic N) is 3. The summed E-state index contributed by atoms with van der Waals surface area (Å²) in [5.41, 5.74) is 2.10. The molecule has 2 unspecified atom stereocenters. The molecule has 0 radical (unpaired) electrons. The smallest absolute Gasteiger partial charge is 0.378 e. The minimum absolute atomic E-state index is 0.375. The normalized spacial score (nSPS) is 19.7. The fraction of sp³-hybridized carbons (Fsp3) is 0.300. The van der Waals surface area contributed by atoms with Gasteiger partial charge in [-0.15, -0.1) is 0 Å².